The second-order valence-corrected chi connectivity index (χ2v) is 3.12. The highest BCUT2D eigenvalue weighted by atomic mass is 19.4. The van der Waals surface area contributed by atoms with Crippen molar-refractivity contribution in [3.05, 3.63) is 36.2 Å². The molecule has 0 aliphatic carbocycles. The van der Waals surface area contributed by atoms with Gasteiger partial charge in [-0.25, -0.2) is 0 Å². The molecule has 0 radical (unpaired) electrons. The number of nitrogens with zero attached hydrogens (tertiary/aromatic N) is 1. The summed E-state index contributed by atoms with van der Waals surface area (Å²) in [6.45, 7) is 0. The van der Waals surface area contributed by atoms with E-state index in [0.29, 0.717) is 11.1 Å². The third-order valence-electron chi connectivity index (χ3n) is 2.16. The zero-order chi connectivity index (χ0) is 11.1. The number of halogens is 3. The molecule has 0 aliphatic rings. The fourth-order valence-electron chi connectivity index (χ4n) is 1.46. The molecule has 0 bridgehead atoms. The molecule has 1 aromatic heterocycles. The van der Waals surface area contributed by atoms with E-state index in [0.717, 1.165) is 6.07 Å². The van der Waals surface area contributed by atoms with Gasteiger partial charge in [0.05, 0.1) is 5.56 Å². The third-order valence-corrected chi connectivity index (χ3v) is 2.16. The Bertz CT molecular complexity index is 505. The Morgan fingerprint density at radius 3 is 2.47 bits per heavy atom. The van der Waals surface area contributed by atoms with Gasteiger partial charge in [0.25, 0.3) is 0 Å². The normalized spacial score (nSPS) is 11.9. The average molecular weight is 212 g/mol. The van der Waals surface area contributed by atoms with E-state index in [4.69, 9.17) is 5.73 Å². The summed E-state index contributed by atoms with van der Waals surface area (Å²) in [7, 11) is 0. The largest absolute Gasteiger partial charge is 0.417 e. The monoisotopic (exact) mass is 212 g/mol. The lowest BCUT2D eigenvalue weighted by Gasteiger charge is -2.11. The first kappa shape index (κ1) is 9.76. The Labute approximate surface area is 83.5 Å². The Hall–Kier alpha value is -1.78. The number of aromatic nitrogens is 1. The van der Waals surface area contributed by atoms with Crippen LogP contribution >= 0.6 is 0 Å². The fourth-order valence-corrected chi connectivity index (χ4v) is 1.46. The van der Waals surface area contributed by atoms with Crippen molar-refractivity contribution in [3.8, 4) is 0 Å². The molecule has 0 amide bonds. The Kier molecular flexibility index (Phi) is 2.03. The summed E-state index contributed by atoms with van der Waals surface area (Å²) in [5, 5.41) is 0.407. The van der Waals surface area contributed by atoms with Crippen molar-refractivity contribution in [2.24, 2.45) is 0 Å². The maximum Gasteiger partial charge on any atom is 0.417 e. The smallest absolute Gasteiger partial charge is 0.398 e. The number of hydrogen-bond donors (Lipinski definition) is 1. The quantitative estimate of drug-likeness (QED) is 0.682. The SMILES string of the molecule is Nc1ccc(C(F)(F)F)c2ccncc12. The van der Waals surface area contributed by atoms with Crippen LogP contribution in [-0.2, 0) is 6.18 Å². The Balaban J connectivity index is 2.84. The predicted octanol–water partition coefficient (Wildman–Crippen LogP) is 2.84. The lowest BCUT2D eigenvalue weighted by atomic mass is 10.0. The zero-order valence-corrected chi connectivity index (χ0v) is 7.55. The summed E-state index contributed by atoms with van der Waals surface area (Å²) in [6, 6.07) is 3.54. The summed E-state index contributed by atoms with van der Waals surface area (Å²) in [6.07, 6.45) is -1.72. The van der Waals surface area contributed by atoms with E-state index in [1.807, 2.05) is 0 Å². The van der Waals surface area contributed by atoms with E-state index in [9.17, 15) is 13.2 Å². The van der Waals surface area contributed by atoms with Crippen LogP contribution in [0.15, 0.2) is 30.6 Å². The Morgan fingerprint density at radius 2 is 1.80 bits per heavy atom. The van der Waals surface area contributed by atoms with Crippen molar-refractivity contribution in [1.82, 2.24) is 4.98 Å². The highest BCUT2D eigenvalue weighted by Crippen LogP contribution is 2.36. The Morgan fingerprint density at radius 1 is 1.07 bits per heavy atom. The van der Waals surface area contributed by atoms with Crippen LogP contribution in [0.4, 0.5) is 18.9 Å². The molecule has 0 spiro atoms. The van der Waals surface area contributed by atoms with Gasteiger partial charge in [0.1, 0.15) is 0 Å². The van der Waals surface area contributed by atoms with Crippen molar-refractivity contribution in [3.63, 3.8) is 0 Å². The van der Waals surface area contributed by atoms with Crippen LogP contribution in [-0.4, -0.2) is 4.98 Å². The maximum atomic E-state index is 12.6. The van der Waals surface area contributed by atoms with E-state index in [2.05, 4.69) is 4.98 Å². The lowest BCUT2D eigenvalue weighted by molar-refractivity contribution is -0.136. The van der Waals surface area contributed by atoms with Crippen LogP contribution in [0.25, 0.3) is 10.8 Å². The first-order valence-electron chi connectivity index (χ1n) is 4.19. The molecule has 0 unspecified atom stereocenters. The topological polar surface area (TPSA) is 38.9 Å². The molecule has 15 heavy (non-hydrogen) atoms. The van der Waals surface area contributed by atoms with Gasteiger partial charge in [-0.2, -0.15) is 13.2 Å². The summed E-state index contributed by atoms with van der Waals surface area (Å²) in [5.41, 5.74) is 5.17. The number of rotatable bonds is 0. The number of pyridine rings is 1. The lowest BCUT2D eigenvalue weighted by Crippen LogP contribution is -2.06. The third kappa shape index (κ3) is 1.60. The molecule has 1 aromatic carbocycles. The van der Waals surface area contributed by atoms with E-state index in [1.165, 1.54) is 24.5 Å². The molecular weight excluding hydrogens is 205 g/mol. The number of alkyl halides is 3. The van der Waals surface area contributed by atoms with Crippen LogP contribution in [0, 0.1) is 0 Å². The van der Waals surface area contributed by atoms with Gasteiger partial charge in [-0.3, -0.25) is 4.98 Å². The van der Waals surface area contributed by atoms with Crippen molar-refractivity contribution in [2.45, 2.75) is 6.18 Å². The van der Waals surface area contributed by atoms with Gasteiger partial charge < -0.3 is 5.73 Å². The highest BCUT2D eigenvalue weighted by molar-refractivity contribution is 5.94. The van der Waals surface area contributed by atoms with Gasteiger partial charge in [-0.1, -0.05) is 0 Å². The van der Waals surface area contributed by atoms with Crippen molar-refractivity contribution >= 4 is 16.5 Å². The van der Waals surface area contributed by atoms with E-state index >= 15 is 0 Å². The number of fused-ring (bicyclic) bond motifs is 1. The standard InChI is InChI=1S/C10H7F3N2/c11-10(12,13)8-1-2-9(14)7-5-15-4-3-6(7)8/h1-5H,14H2. The summed E-state index contributed by atoms with van der Waals surface area (Å²) in [5.74, 6) is 0. The maximum absolute atomic E-state index is 12.6. The molecule has 0 fully saturated rings. The molecule has 2 aromatic rings. The van der Waals surface area contributed by atoms with Crippen molar-refractivity contribution in [2.75, 3.05) is 5.73 Å². The number of hydrogen-bond acceptors (Lipinski definition) is 2. The van der Waals surface area contributed by atoms with Crippen LogP contribution in [0.2, 0.25) is 0 Å². The molecule has 0 aliphatic heterocycles. The summed E-state index contributed by atoms with van der Waals surface area (Å²) in [4.78, 5) is 3.75. The number of benzene rings is 1. The van der Waals surface area contributed by atoms with Crippen LogP contribution in [0.1, 0.15) is 5.56 Å². The van der Waals surface area contributed by atoms with Crippen molar-refractivity contribution in [1.29, 1.82) is 0 Å². The first-order chi connectivity index (χ1) is 7.00. The van der Waals surface area contributed by atoms with E-state index in [1.54, 1.807) is 0 Å². The molecule has 2 rings (SSSR count). The van der Waals surface area contributed by atoms with Gasteiger partial charge in [-0.15, -0.1) is 0 Å². The molecule has 1 heterocycles. The second kappa shape index (κ2) is 3.12. The predicted molar refractivity (Wildman–Crippen MR) is 51.2 cm³/mol. The number of nitrogen functional groups attached to an aromatic ring is 1. The first-order valence-corrected chi connectivity index (χ1v) is 4.19. The molecule has 78 valence electrons. The van der Waals surface area contributed by atoms with Gasteiger partial charge in [0.15, 0.2) is 0 Å². The van der Waals surface area contributed by atoms with Crippen LogP contribution < -0.4 is 5.73 Å². The molecule has 2 nitrogen and oxygen atoms in total. The van der Waals surface area contributed by atoms with Crippen LogP contribution in [0.3, 0.4) is 0 Å². The van der Waals surface area contributed by atoms with E-state index < -0.39 is 11.7 Å². The summed E-state index contributed by atoms with van der Waals surface area (Å²) < 4.78 is 37.8. The average Bonchev–Trinajstić information content (AvgIpc) is 2.17. The molecule has 0 atom stereocenters. The number of anilines is 1. The summed E-state index contributed by atoms with van der Waals surface area (Å²) >= 11 is 0. The highest BCUT2D eigenvalue weighted by Gasteiger charge is 2.32. The van der Waals surface area contributed by atoms with Crippen molar-refractivity contribution < 1.29 is 13.2 Å². The minimum absolute atomic E-state index is 0.0810. The fraction of sp³-hybridized carbons (Fsp3) is 0.100. The van der Waals surface area contributed by atoms with E-state index in [-0.39, 0.29) is 5.39 Å². The van der Waals surface area contributed by atoms with Gasteiger partial charge in [0.2, 0.25) is 0 Å². The molecular formula is C10H7F3N2. The minimum atomic E-state index is -4.37. The van der Waals surface area contributed by atoms with Crippen LogP contribution in [0.5, 0.6) is 0 Å². The molecule has 0 saturated heterocycles. The molecule has 5 heteroatoms. The molecule has 2 N–H and O–H groups in total. The van der Waals surface area contributed by atoms with Gasteiger partial charge in [0, 0.05) is 23.5 Å². The van der Waals surface area contributed by atoms with Gasteiger partial charge in [-0.05, 0) is 23.6 Å². The molecule has 0 saturated carbocycles. The minimum Gasteiger partial charge on any atom is -0.398 e. The number of nitrogens with two attached hydrogens (primary N) is 1. The zero-order valence-electron chi connectivity index (χ0n) is 7.55. The van der Waals surface area contributed by atoms with Gasteiger partial charge >= 0.3 is 6.18 Å². The second-order valence-electron chi connectivity index (χ2n) is 3.12.